The standard InChI is InChI=1S/C22H26BrClN2O3/c1-15(2)12-25-22(28)16(3)26(13-17-5-4-6-19(24)11-17)21(27)14-29-20-9-7-18(23)8-10-20/h4-11,15-16H,12-14H2,1-3H3,(H,25,28)/t16-/m0/s1. The molecule has 0 aliphatic rings. The van der Waals surface area contributed by atoms with Crippen molar-refractivity contribution >= 4 is 39.3 Å². The van der Waals surface area contributed by atoms with Gasteiger partial charge in [-0.15, -0.1) is 0 Å². The summed E-state index contributed by atoms with van der Waals surface area (Å²) < 4.78 is 6.55. The van der Waals surface area contributed by atoms with Gasteiger partial charge in [0.1, 0.15) is 11.8 Å². The molecule has 2 rings (SSSR count). The van der Waals surface area contributed by atoms with Crippen molar-refractivity contribution in [1.82, 2.24) is 10.2 Å². The van der Waals surface area contributed by atoms with Crippen LogP contribution < -0.4 is 10.1 Å². The summed E-state index contributed by atoms with van der Waals surface area (Å²) in [5.74, 6) is 0.433. The predicted molar refractivity (Wildman–Crippen MR) is 119 cm³/mol. The number of amides is 2. The van der Waals surface area contributed by atoms with Crippen molar-refractivity contribution in [2.75, 3.05) is 13.2 Å². The van der Waals surface area contributed by atoms with Crippen molar-refractivity contribution in [1.29, 1.82) is 0 Å². The van der Waals surface area contributed by atoms with Crippen LogP contribution in [0.25, 0.3) is 0 Å². The average molecular weight is 482 g/mol. The molecule has 0 radical (unpaired) electrons. The number of ether oxygens (including phenoxy) is 1. The van der Waals surface area contributed by atoms with Crippen LogP contribution in [0.2, 0.25) is 5.02 Å². The molecule has 0 aliphatic heterocycles. The summed E-state index contributed by atoms with van der Waals surface area (Å²) in [5.41, 5.74) is 0.845. The minimum atomic E-state index is -0.645. The summed E-state index contributed by atoms with van der Waals surface area (Å²) in [6.07, 6.45) is 0. The van der Waals surface area contributed by atoms with Gasteiger partial charge in [0.05, 0.1) is 0 Å². The third-order valence-electron chi connectivity index (χ3n) is 4.27. The number of nitrogens with zero attached hydrogens (tertiary/aromatic N) is 1. The fourth-order valence-electron chi connectivity index (χ4n) is 2.63. The molecule has 0 saturated carbocycles. The second-order valence-electron chi connectivity index (χ2n) is 7.21. The summed E-state index contributed by atoms with van der Waals surface area (Å²) >= 11 is 9.44. The highest BCUT2D eigenvalue weighted by Crippen LogP contribution is 2.18. The molecule has 2 amide bonds. The van der Waals surface area contributed by atoms with Crippen LogP contribution in [0.15, 0.2) is 53.0 Å². The maximum absolute atomic E-state index is 12.9. The van der Waals surface area contributed by atoms with Crippen molar-refractivity contribution in [3.8, 4) is 5.75 Å². The van der Waals surface area contributed by atoms with E-state index >= 15 is 0 Å². The van der Waals surface area contributed by atoms with Crippen molar-refractivity contribution < 1.29 is 14.3 Å². The lowest BCUT2D eigenvalue weighted by molar-refractivity contribution is -0.142. The van der Waals surface area contributed by atoms with Gasteiger partial charge in [-0.1, -0.05) is 53.5 Å². The Labute approximate surface area is 185 Å². The van der Waals surface area contributed by atoms with Gasteiger partial charge in [0, 0.05) is 22.6 Å². The molecule has 7 heteroatoms. The Kier molecular flexibility index (Phi) is 8.99. The van der Waals surface area contributed by atoms with Gasteiger partial charge in [-0.3, -0.25) is 9.59 Å². The Hall–Kier alpha value is -2.05. The summed E-state index contributed by atoms with van der Waals surface area (Å²) in [6.45, 7) is 6.41. The SMILES string of the molecule is CC(C)CNC(=O)[C@H](C)N(Cc1cccc(Cl)c1)C(=O)COc1ccc(Br)cc1. The largest absolute Gasteiger partial charge is 0.484 e. The van der Waals surface area contributed by atoms with Crippen LogP contribution in [0.5, 0.6) is 5.75 Å². The lowest BCUT2D eigenvalue weighted by atomic mass is 10.1. The maximum Gasteiger partial charge on any atom is 0.261 e. The van der Waals surface area contributed by atoms with Crippen molar-refractivity contribution in [3.63, 3.8) is 0 Å². The highest BCUT2D eigenvalue weighted by Gasteiger charge is 2.26. The minimum Gasteiger partial charge on any atom is -0.484 e. The molecule has 0 heterocycles. The van der Waals surface area contributed by atoms with Gasteiger partial charge in [0.2, 0.25) is 5.91 Å². The highest BCUT2D eigenvalue weighted by atomic mass is 79.9. The molecule has 1 atom stereocenters. The number of hydrogen-bond donors (Lipinski definition) is 1. The quantitative estimate of drug-likeness (QED) is 0.566. The Morgan fingerprint density at radius 3 is 2.45 bits per heavy atom. The summed E-state index contributed by atoms with van der Waals surface area (Å²) in [6, 6.07) is 13.8. The van der Waals surface area contributed by atoms with E-state index in [0.29, 0.717) is 23.2 Å². The van der Waals surface area contributed by atoms with Crippen LogP contribution in [0.4, 0.5) is 0 Å². The molecule has 29 heavy (non-hydrogen) atoms. The third kappa shape index (κ3) is 7.71. The predicted octanol–water partition coefficient (Wildman–Crippen LogP) is 4.67. The molecule has 1 N–H and O–H groups in total. The number of halogens is 2. The van der Waals surface area contributed by atoms with Gasteiger partial charge < -0.3 is 15.0 Å². The molecule has 5 nitrogen and oxygen atoms in total. The van der Waals surface area contributed by atoms with E-state index in [2.05, 4.69) is 21.2 Å². The molecular formula is C22H26BrClN2O3. The Morgan fingerprint density at radius 1 is 1.14 bits per heavy atom. The van der Waals surface area contributed by atoms with E-state index in [1.807, 2.05) is 38.1 Å². The Bertz CT molecular complexity index is 827. The summed E-state index contributed by atoms with van der Waals surface area (Å²) in [5, 5.41) is 3.47. The number of hydrogen-bond acceptors (Lipinski definition) is 3. The van der Waals surface area contributed by atoms with Gasteiger partial charge in [-0.05, 0) is 54.8 Å². The molecule has 0 aliphatic carbocycles. The normalized spacial score (nSPS) is 11.8. The van der Waals surface area contributed by atoms with Crippen molar-refractivity contribution in [2.45, 2.75) is 33.4 Å². The van der Waals surface area contributed by atoms with Crippen LogP contribution in [-0.4, -0.2) is 35.9 Å². The fraction of sp³-hybridized carbons (Fsp3) is 0.364. The molecule has 0 fully saturated rings. The topological polar surface area (TPSA) is 58.6 Å². The van der Waals surface area contributed by atoms with E-state index in [-0.39, 0.29) is 25.0 Å². The zero-order valence-corrected chi connectivity index (χ0v) is 19.2. The summed E-state index contributed by atoms with van der Waals surface area (Å²) in [7, 11) is 0. The zero-order valence-electron chi connectivity index (χ0n) is 16.8. The average Bonchev–Trinajstić information content (AvgIpc) is 2.69. The first-order valence-electron chi connectivity index (χ1n) is 9.46. The van der Waals surface area contributed by atoms with Crippen LogP contribution in [-0.2, 0) is 16.1 Å². The smallest absolute Gasteiger partial charge is 0.261 e. The van der Waals surface area contributed by atoms with Gasteiger partial charge in [-0.25, -0.2) is 0 Å². The number of carbonyl (C=O) groups excluding carboxylic acids is 2. The van der Waals surface area contributed by atoms with Gasteiger partial charge in [0.25, 0.3) is 5.91 Å². The summed E-state index contributed by atoms with van der Waals surface area (Å²) in [4.78, 5) is 27.0. The molecule has 0 saturated heterocycles. The lowest BCUT2D eigenvalue weighted by Gasteiger charge is -2.29. The molecular weight excluding hydrogens is 456 g/mol. The molecule has 156 valence electrons. The Morgan fingerprint density at radius 2 is 1.83 bits per heavy atom. The van der Waals surface area contributed by atoms with Crippen LogP contribution in [0, 0.1) is 5.92 Å². The van der Waals surface area contributed by atoms with E-state index < -0.39 is 6.04 Å². The van der Waals surface area contributed by atoms with Crippen molar-refractivity contribution in [2.24, 2.45) is 5.92 Å². The number of benzene rings is 2. The lowest BCUT2D eigenvalue weighted by Crippen LogP contribution is -2.49. The number of carbonyl (C=O) groups is 2. The van der Waals surface area contributed by atoms with E-state index in [0.717, 1.165) is 10.0 Å². The molecule has 0 bridgehead atoms. The van der Waals surface area contributed by atoms with Crippen LogP contribution in [0.3, 0.4) is 0 Å². The molecule has 0 spiro atoms. The first-order chi connectivity index (χ1) is 13.8. The van der Waals surface area contributed by atoms with Crippen LogP contribution >= 0.6 is 27.5 Å². The number of rotatable bonds is 9. The van der Waals surface area contributed by atoms with E-state index in [1.165, 1.54) is 4.90 Å². The molecule has 0 aromatic heterocycles. The molecule has 0 unspecified atom stereocenters. The van der Waals surface area contributed by atoms with E-state index in [1.54, 1.807) is 31.2 Å². The molecule has 2 aromatic rings. The monoisotopic (exact) mass is 480 g/mol. The van der Waals surface area contributed by atoms with E-state index in [9.17, 15) is 9.59 Å². The Balaban J connectivity index is 2.12. The second kappa shape index (κ2) is 11.2. The highest BCUT2D eigenvalue weighted by molar-refractivity contribution is 9.10. The van der Waals surface area contributed by atoms with Gasteiger partial charge >= 0.3 is 0 Å². The number of nitrogens with one attached hydrogen (secondary N) is 1. The van der Waals surface area contributed by atoms with Crippen LogP contribution in [0.1, 0.15) is 26.3 Å². The van der Waals surface area contributed by atoms with Crippen molar-refractivity contribution in [3.05, 3.63) is 63.6 Å². The van der Waals surface area contributed by atoms with Gasteiger partial charge in [-0.2, -0.15) is 0 Å². The zero-order chi connectivity index (χ0) is 21.4. The minimum absolute atomic E-state index is 0.163. The first kappa shape index (κ1) is 23.2. The first-order valence-corrected chi connectivity index (χ1v) is 10.6. The second-order valence-corrected chi connectivity index (χ2v) is 8.56. The molecule has 2 aromatic carbocycles. The van der Waals surface area contributed by atoms with E-state index in [4.69, 9.17) is 16.3 Å². The van der Waals surface area contributed by atoms with Gasteiger partial charge in [0.15, 0.2) is 6.61 Å². The third-order valence-corrected chi connectivity index (χ3v) is 5.03. The maximum atomic E-state index is 12.9. The fourth-order valence-corrected chi connectivity index (χ4v) is 3.10.